The molecule has 148 valence electrons. The molecule has 0 aliphatic heterocycles. The van der Waals surface area contributed by atoms with E-state index in [4.69, 9.17) is 14.3 Å². The zero-order valence-electron chi connectivity index (χ0n) is 16.6. The first-order chi connectivity index (χ1) is 13.4. The molecule has 0 heterocycles. The highest BCUT2D eigenvalue weighted by atomic mass is 16.6. The maximum absolute atomic E-state index is 12.3. The van der Waals surface area contributed by atoms with Crippen LogP contribution in [0.2, 0.25) is 0 Å². The molecule has 0 fully saturated rings. The molecule has 0 saturated carbocycles. The largest absolute Gasteiger partial charge is 0.458 e. The molecule has 0 radical (unpaired) electrons. The zero-order valence-corrected chi connectivity index (χ0v) is 16.6. The van der Waals surface area contributed by atoms with Gasteiger partial charge in [0, 0.05) is 0 Å². The second-order valence-corrected chi connectivity index (χ2v) is 6.43. The molecular weight excluding hydrogens is 358 g/mol. The fraction of sp³-hybridized carbons (Fsp3) is 0.318. The summed E-state index contributed by atoms with van der Waals surface area (Å²) in [6.45, 7) is 5.75. The highest BCUT2D eigenvalue weighted by Crippen LogP contribution is 2.13. The number of ether oxygens (including phenoxy) is 2. The number of hydrogen-bond acceptors (Lipinski definition) is 6. The number of aryl methyl sites for hydroxylation is 2. The molecule has 1 unspecified atom stereocenters. The van der Waals surface area contributed by atoms with Crippen molar-refractivity contribution in [1.82, 2.24) is 0 Å². The minimum absolute atomic E-state index is 0.0524. The van der Waals surface area contributed by atoms with Crippen LogP contribution in [0.5, 0.6) is 0 Å². The van der Waals surface area contributed by atoms with Gasteiger partial charge in [-0.15, -0.1) is 0 Å². The van der Waals surface area contributed by atoms with Crippen molar-refractivity contribution in [3.05, 3.63) is 70.8 Å². The van der Waals surface area contributed by atoms with Crippen LogP contribution in [0.1, 0.15) is 51.6 Å². The Balaban J connectivity index is 2.03. The predicted molar refractivity (Wildman–Crippen MR) is 106 cm³/mol. The Morgan fingerprint density at radius 1 is 0.893 bits per heavy atom. The van der Waals surface area contributed by atoms with E-state index in [1.807, 2.05) is 45.0 Å². The molecular formula is C22H25NO5. The van der Waals surface area contributed by atoms with E-state index in [9.17, 15) is 9.59 Å². The van der Waals surface area contributed by atoms with Gasteiger partial charge in [-0.3, -0.25) is 0 Å². The minimum Gasteiger partial charge on any atom is -0.458 e. The lowest BCUT2D eigenvalue weighted by Gasteiger charge is -2.17. The molecule has 2 aromatic rings. The van der Waals surface area contributed by atoms with Gasteiger partial charge in [0.2, 0.25) is 5.90 Å². The van der Waals surface area contributed by atoms with E-state index in [2.05, 4.69) is 5.16 Å². The molecule has 1 atom stereocenters. The highest BCUT2D eigenvalue weighted by Gasteiger charge is 2.21. The average molecular weight is 383 g/mol. The summed E-state index contributed by atoms with van der Waals surface area (Å²) in [5.41, 5.74) is 2.96. The van der Waals surface area contributed by atoms with Gasteiger partial charge in [0.25, 0.3) is 0 Å². The molecule has 2 aromatic carbocycles. The number of rotatable bonds is 7. The van der Waals surface area contributed by atoms with Gasteiger partial charge < -0.3 is 14.3 Å². The van der Waals surface area contributed by atoms with E-state index >= 15 is 0 Å². The first-order valence-corrected chi connectivity index (χ1v) is 9.09. The van der Waals surface area contributed by atoms with Crippen LogP contribution in [-0.4, -0.2) is 31.1 Å². The van der Waals surface area contributed by atoms with Crippen molar-refractivity contribution in [2.24, 2.45) is 5.16 Å². The van der Waals surface area contributed by atoms with Crippen molar-refractivity contribution in [2.75, 3.05) is 7.11 Å². The summed E-state index contributed by atoms with van der Waals surface area (Å²) in [5, 5.41) is 3.77. The fourth-order valence-electron chi connectivity index (χ4n) is 2.43. The van der Waals surface area contributed by atoms with E-state index in [0.717, 1.165) is 11.1 Å². The Bertz CT molecular complexity index is 825. The fourth-order valence-corrected chi connectivity index (χ4v) is 2.43. The van der Waals surface area contributed by atoms with E-state index in [-0.39, 0.29) is 12.3 Å². The molecule has 6 heteroatoms. The molecule has 6 nitrogen and oxygen atoms in total. The lowest BCUT2D eigenvalue weighted by molar-refractivity contribution is 0.0293. The van der Waals surface area contributed by atoms with Gasteiger partial charge in [-0.25, -0.2) is 9.59 Å². The molecule has 0 spiro atoms. The van der Waals surface area contributed by atoms with Crippen molar-refractivity contribution >= 4 is 17.8 Å². The smallest absolute Gasteiger partial charge is 0.344 e. The van der Waals surface area contributed by atoms with Crippen molar-refractivity contribution in [3.63, 3.8) is 0 Å². The number of esters is 2. The lowest BCUT2D eigenvalue weighted by atomic mass is 10.1. The van der Waals surface area contributed by atoms with Gasteiger partial charge in [0.1, 0.15) is 13.2 Å². The van der Waals surface area contributed by atoms with Crippen molar-refractivity contribution in [1.29, 1.82) is 0 Å². The van der Waals surface area contributed by atoms with Crippen LogP contribution in [0.15, 0.2) is 53.7 Å². The third-order valence-electron chi connectivity index (χ3n) is 4.11. The zero-order chi connectivity index (χ0) is 20.5. The van der Waals surface area contributed by atoms with Crippen LogP contribution in [-0.2, 0) is 14.3 Å². The van der Waals surface area contributed by atoms with E-state index in [1.165, 1.54) is 7.11 Å². The Kier molecular flexibility index (Phi) is 7.75. The predicted octanol–water partition coefficient (Wildman–Crippen LogP) is 4.45. The molecule has 0 bridgehead atoms. The molecule has 28 heavy (non-hydrogen) atoms. The Morgan fingerprint density at radius 3 is 1.86 bits per heavy atom. The van der Waals surface area contributed by atoms with Crippen LogP contribution in [0.4, 0.5) is 0 Å². The van der Waals surface area contributed by atoms with Gasteiger partial charge in [-0.05, 0) is 44.5 Å². The Morgan fingerprint density at radius 2 is 1.39 bits per heavy atom. The van der Waals surface area contributed by atoms with E-state index in [1.54, 1.807) is 24.3 Å². The second kappa shape index (κ2) is 10.3. The summed E-state index contributed by atoms with van der Waals surface area (Å²) in [6.07, 6.45) is 0.149. The topological polar surface area (TPSA) is 74.2 Å². The molecule has 0 aromatic heterocycles. The van der Waals surface area contributed by atoms with Crippen LogP contribution in [0, 0.1) is 13.8 Å². The summed E-state index contributed by atoms with van der Waals surface area (Å²) in [7, 11) is 1.36. The van der Waals surface area contributed by atoms with Crippen LogP contribution in [0.25, 0.3) is 0 Å². The van der Waals surface area contributed by atoms with Gasteiger partial charge >= 0.3 is 11.9 Å². The Hall–Kier alpha value is -3.15. The number of carbonyl (C=O) groups is 2. The maximum Gasteiger partial charge on any atom is 0.344 e. The normalized spacial score (nSPS) is 12.2. The first-order valence-electron chi connectivity index (χ1n) is 9.09. The third kappa shape index (κ3) is 6.23. The highest BCUT2D eigenvalue weighted by molar-refractivity contribution is 5.98. The monoisotopic (exact) mass is 383 g/mol. The van der Waals surface area contributed by atoms with Crippen molar-refractivity contribution in [2.45, 2.75) is 39.7 Å². The third-order valence-corrected chi connectivity index (χ3v) is 4.11. The number of oxime groups is 1. The molecule has 0 N–H and O–H groups in total. The van der Waals surface area contributed by atoms with Gasteiger partial charge in [-0.2, -0.15) is 0 Å². The minimum atomic E-state index is -0.546. The van der Waals surface area contributed by atoms with Crippen LogP contribution >= 0.6 is 0 Å². The number of hydrogen-bond donors (Lipinski definition) is 0. The summed E-state index contributed by atoms with van der Waals surface area (Å²) < 4.78 is 10.9. The van der Waals surface area contributed by atoms with Crippen LogP contribution in [0.3, 0.4) is 0 Å². The van der Waals surface area contributed by atoms with Crippen molar-refractivity contribution < 1.29 is 23.9 Å². The standard InChI is InChI=1S/C22H25NO5/c1-5-19(27-21(24)17-10-6-15(2)7-11-17)14-20(23-26-4)28-22(25)18-12-8-16(3)9-13-18/h6-13,19H,5,14H2,1-4H3. The first kappa shape index (κ1) is 21.2. The average Bonchev–Trinajstić information content (AvgIpc) is 2.68. The van der Waals surface area contributed by atoms with E-state index < -0.39 is 18.0 Å². The molecule has 0 amide bonds. The quantitative estimate of drug-likeness (QED) is 0.306. The Labute approximate surface area is 165 Å². The number of nitrogens with zero attached hydrogens (tertiary/aromatic N) is 1. The maximum atomic E-state index is 12.3. The summed E-state index contributed by atoms with van der Waals surface area (Å²) in [4.78, 5) is 29.4. The molecule has 2 rings (SSSR count). The van der Waals surface area contributed by atoms with Crippen LogP contribution < -0.4 is 0 Å². The SMILES string of the molecule is CCC(CC(=NOC)OC(=O)c1ccc(C)cc1)OC(=O)c1ccc(C)cc1. The summed E-state index contributed by atoms with van der Waals surface area (Å²) in [6, 6.07) is 14.1. The lowest BCUT2D eigenvalue weighted by Crippen LogP contribution is -2.24. The molecule has 0 aliphatic carbocycles. The number of benzene rings is 2. The summed E-state index contributed by atoms with van der Waals surface area (Å²) in [5.74, 6) is -0.930. The van der Waals surface area contributed by atoms with E-state index in [0.29, 0.717) is 17.5 Å². The van der Waals surface area contributed by atoms with Gasteiger partial charge in [-0.1, -0.05) is 47.5 Å². The second-order valence-electron chi connectivity index (χ2n) is 6.43. The van der Waals surface area contributed by atoms with Gasteiger partial charge in [0.15, 0.2) is 0 Å². The molecule has 0 saturated heterocycles. The van der Waals surface area contributed by atoms with Gasteiger partial charge in [0.05, 0.1) is 17.5 Å². The molecule has 0 aliphatic rings. The van der Waals surface area contributed by atoms with Crippen molar-refractivity contribution in [3.8, 4) is 0 Å². The summed E-state index contributed by atoms with van der Waals surface area (Å²) >= 11 is 0. The number of carbonyl (C=O) groups excluding carboxylic acids is 2.